The van der Waals surface area contributed by atoms with E-state index in [0.717, 1.165) is 0 Å². The molecule has 0 fully saturated rings. The van der Waals surface area contributed by atoms with Gasteiger partial charge in [0.2, 0.25) is 0 Å². The van der Waals surface area contributed by atoms with E-state index in [1.54, 1.807) is 61.0 Å². The molecule has 0 saturated carbocycles. The summed E-state index contributed by atoms with van der Waals surface area (Å²) < 4.78 is 6.98. The molecule has 0 saturated heterocycles. The third-order valence-electron chi connectivity index (χ3n) is 4.17. The Hall–Kier alpha value is -2.79. The number of nitrogens with zero attached hydrogens (tertiary/aromatic N) is 1. The molecule has 2 aromatic heterocycles. The molecule has 0 spiro atoms. The van der Waals surface area contributed by atoms with Gasteiger partial charge in [0.15, 0.2) is 5.78 Å². The van der Waals surface area contributed by atoms with Gasteiger partial charge in [0.05, 0.1) is 24.6 Å². The summed E-state index contributed by atoms with van der Waals surface area (Å²) in [4.78, 5) is 24.3. The van der Waals surface area contributed by atoms with Crippen LogP contribution < -0.4 is 4.74 Å². The van der Waals surface area contributed by atoms with Gasteiger partial charge in [0.1, 0.15) is 5.75 Å². The summed E-state index contributed by atoms with van der Waals surface area (Å²) >= 11 is 5.89. The molecule has 0 amide bonds. The van der Waals surface area contributed by atoms with Crippen LogP contribution in [0.15, 0.2) is 42.6 Å². The summed E-state index contributed by atoms with van der Waals surface area (Å²) in [6, 6.07) is 10.1. The summed E-state index contributed by atoms with van der Waals surface area (Å²) in [5.41, 5.74) is 2.80. The average molecular weight is 358 g/mol. The Balaban J connectivity index is 2.25. The molecule has 2 heterocycles. The zero-order chi connectivity index (χ0) is 18.1. The zero-order valence-corrected chi connectivity index (χ0v) is 14.5. The van der Waals surface area contributed by atoms with Gasteiger partial charge < -0.3 is 14.2 Å². The van der Waals surface area contributed by atoms with Crippen LogP contribution in [0.1, 0.15) is 27.2 Å². The molecule has 128 valence electrons. The molecular formula is C19H16ClNO4. The lowest BCUT2D eigenvalue weighted by Crippen LogP contribution is -2.05. The maximum absolute atomic E-state index is 13.0. The van der Waals surface area contributed by atoms with E-state index in [9.17, 15) is 14.7 Å². The predicted molar refractivity (Wildman–Crippen MR) is 94.9 cm³/mol. The van der Waals surface area contributed by atoms with Crippen molar-refractivity contribution in [1.82, 2.24) is 4.40 Å². The van der Waals surface area contributed by atoms with Gasteiger partial charge in [-0.05, 0) is 42.8 Å². The number of carboxylic acids is 1. The third kappa shape index (κ3) is 3.10. The number of carbonyl (C=O) groups is 2. The van der Waals surface area contributed by atoms with Crippen molar-refractivity contribution in [1.29, 1.82) is 0 Å². The number of carbonyl (C=O) groups excluding carboxylic acids is 1. The number of halogens is 1. The van der Waals surface area contributed by atoms with Crippen LogP contribution >= 0.6 is 11.6 Å². The van der Waals surface area contributed by atoms with E-state index in [-0.39, 0.29) is 12.2 Å². The minimum Gasteiger partial charge on any atom is -0.497 e. The van der Waals surface area contributed by atoms with Crippen molar-refractivity contribution in [2.24, 2.45) is 0 Å². The number of aromatic nitrogens is 1. The van der Waals surface area contributed by atoms with E-state index >= 15 is 0 Å². The second kappa shape index (κ2) is 6.61. The predicted octanol–water partition coefficient (Wildman–Crippen LogP) is 3.77. The molecule has 5 nitrogen and oxygen atoms in total. The highest BCUT2D eigenvalue weighted by atomic mass is 35.5. The standard InChI is InChI=1S/C19H16ClNO4/c1-11-15(10-17(22)23)21-8-7-14(25-2)9-16(21)18(11)19(24)12-3-5-13(20)6-4-12/h3-9H,10H2,1-2H3,(H,22,23). The summed E-state index contributed by atoms with van der Waals surface area (Å²) in [5.74, 6) is -0.544. The van der Waals surface area contributed by atoms with Crippen LogP contribution in [-0.2, 0) is 11.2 Å². The van der Waals surface area contributed by atoms with Crippen LogP contribution in [0, 0.1) is 6.92 Å². The topological polar surface area (TPSA) is 68.0 Å². The Labute approximate surface area is 149 Å². The summed E-state index contributed by atoms with van der Waals surface area (Å²) in [5, 5.41) is 9.75. The van der Waals surface area contributed by atoms with Crippen LogP contribution in [-0.4, -0.2) is 28.4 Å². The van der Waals surface area contributed by atoms with Gasteiger partial charge in [0, 0.05) is 28.5 Å². The van der Waals surface area contributed by atoms with Crippen molar-refractivity contribution < 1.29 is 19.4 Å². The van der Waals surface area contributed by atoms with Crippen LogP contribution in [0.2, 0.25) is 5.02 Å². The van der Waals surface area contributed by atoms with Crippen molar-refractivity contribution >= 4 is 28.9 Å². The van der Waals surface area contributed by atoms with Crippen LogP contribution in [0.4, 0.5) is 0 Å². The number of ketones is 1. The molecular weight excluding hydrogens is 342 g/mol. The number of methoxy groups -OCH3 is 1. The van der Waals surface area contributed by atoms with Crippen molar-refractivity contribution in [3.8, 4) is 5.75 Å². The fraction of sp³-hybridized carbons (Fsp3) is 0.158. The number of ether oxygens (including phenoxy) is 1. The van der Waals surface area contributed by atoms with E-state index in [2.05, 4.69) is 0 Å². The highest BCUT2D eigenvalue weighted by Crippen LogP contribution is 2.29. The minimum absolute atomic E-state index is 0.173. The van der Waals surface area contributed by atoms with E-state index in [4.69, 9.17) is 16.3 Å². The molecule has 0 aliphatic heterocycles. The lowest BCUT2D eigenvalue weighted by Gasteiger charge is -2.05. The van der Waals surface area contributed by atoms with Crippen molar-refractivity contribution in [2.75, 3.05) is 7.11 Å². The lowest BCUT2D eigenvalue weighted by atomic mass is 9.99. The molecule has 3 rings (SSSR count). The molecule has 0 aliphatic rings. The molecule has 0 atom stereocenters. The molecule has 1 aromatic carbocycles. The van der Waals surface area contributed by atoms with Gasteiger partial charge in [0.25, 0.3) is 0 Å². The maximum Gasteiger partial charge on any atom is 0.309 e. The highest BCUT2D eigenvalue weighted by molar-refractivity contribution is 6.30. The summed E-state index contributed by atoms with van der Waals surface area (Å²) in [6.07, 6.45) is 1.55. The SMILES string of the molecule is COc1ccn2c(CC(=O)O)c(C)c(C(=O)c3ccc(Cl)cc3)c2c1. The Kier molecular flexibility index (Phi) is 4.51. The van der Waals surface area contributed by atoms with E-state index in [1.807, 2.05) is 0 Å². The number of fused-ring (bicyclic) bond motifs is 1. The monoisotopic (exact) mass is 357 g/mol. The first-order valence-electron chi connectivity index (χ1n) is 7.62. The lowest BCUT2D eigenvalue weighted by molar-refractivity contribution is -0.136. The molecule has 3 aromatic rings. The normalized spacial score (nSPS) is 10.8. The van der Waals surface area contributed by atoms with Crippen molar-refractivity contribution in [3.63, 3.8) is 0 Å². The van der Waals surface area contributed by atoms with Crippen molar-refractivity contribution in [3.05, 3.63) is 70.0 Å². The van der Waals surface area contributed by atoms with Gasteiger partial charge in [-0.1, -0.05) is 11.6 Å². The first-order valence-corrected chi connectivity index (χ1v) is 7.99. The number of pyridine rings is 1. The molecule has 1 N–H and O–H groups in total. The number of rotatable bonds is 5. The Morgan fingerprint density at radius 3 is 2.48 bits per heavy atom. The Morgan fingerprint density at radius 2 is 1.88 bits per heavy atom. The largest absolute Gasteiger partial charge is 0.497 e. The number of hydrogen-bond acceptors (Lipinski definition) is 3. The number of benzene rings is 1. The second-order valence-corrected chi connectivity index (χ2v) is 6.11. The van der Waals surface area contributed by atoms with E-state index < -0.39 is 5.97 Å². The summed E-state index contributed by atoms with van der Waals surface area (Å²) in [7, 11) is 1.54. The number of hydrogen-bond donors (Lipinski definition) is 1. The van der Waals surface area contributed by atoms with E-state index in [1.165, 1.54) is 0 Å². The average Bonchev–Trinajstić information content (AvgIpc) is 2.85. The molecule has 6 heteroatoms. The number of aliphatic carboxylic acids is 1. The zero-order valence-electron chi connectivity index (χ0n) is 13.7. The highest BCUT2D eigenvalue weighted by Gasteiger charge is 2.23. The Morgan fingerprint density at radius 1 is 1.20 bits per heavy atom. The third-order valence-corrected chi connectivity index (χ3v) is 4.42. The smallest absolute Gasteiger partial charge is 0.309 e. The molecule has 0 unspecified atom stereocenters. The van der Waals surface area contributed by atoms with E-state index in [0.29, 0.717) is 38.7 Å². The van der Waals surface area contributed by atoms with Crippen LogP contribution in [0.5, 0.6) is 5.75 Å². The first-order chi connectivity index (χ1) is 11.9. The minimum atomic E-state index is -0.955. The van der Waals surface area contributed by atoms with Crippen LogP contribution in [0.25, 0.3) is 5.52 Å². The van der Waals surface area contributed by atoms with Gasteiger partial charge in [-0.25, -0.2) is 0 Å². The molecule has 0 aliphatic carbocycles. The van der Waals surface area contributed by atoms with Crippen molar-refractivity contribution in [2.45, 2.75) is 13.3 Å². The summed E-state index contributed by atoms with van der Waals surface area (Å²) in [6.45, 7) is 1.76. The van der Waals surface area contributed by atoms with Gasteiger partial charge in [-0.2, -0.15) is 0 Å². The molecule has 25 heavy (non-hydrogen) atoms. The second-order valence-electron chi connectivity index (χ2n) is 5.68. The quantitative estimate of drug-likeness (QED) is 0.706. The fourth-order valence-electron chi connectivity index (χ4n) is 2.95. The van der Waals surface area contributed by atoms with Gasteiger partial charge in [-0.3, -0.25) is 9.59 Å². The maximum atomic E-state index is 13.0. The van der Waals surface area contributed by atoms with Crippen LogP contribution in [0.3, 0.4) is 0 Å². The van der Waals surface area contributed by atoms with Gasteiger partial charge >= 0.3 is 5.97 Å². The molecule has 0 bridgehead atoms. The molecule has 0 radical (unpaired) electrons. The Bertz CT molecular complexity index is 973. The number of carboxylic acid groups (broad SMARTS) is 1. The first kappa shape index (κ1) is 17.0. The fourth-order valence-corrected chi connectivity index (χ4v) is 3.07. The van der Waals surface area contributed by atoms with Gasteiger partial charge in [-0.15, -0.1) is 0 Å².